The van der Waals surface area contributed by atoms with Gasteiger partial charge in [-0.2, -0.15) is 0 Å². The summed E-state index contributed by atoms with van der Waals surface area (Å²) in [5, 5.41) is 3.63. The topological polar surface area (TPSA) is 58.1 Å². The lowest BCUT2D eigenvalue weighted by atomic mass is 10.4. The first kappa shape index (κ1) is 18.5. The Kier molecular flexibility index (Phi) is 7.98. The van der Waals surface area contributed by atoms with Crippen molar-refractivity contribution in [3.8, 4) is 0 Å². The van der Waals surface area contributed by atoms with Crippen molar-refractivity contribution in [1.82, 2.24) is 15.3 Å². The van der Waals surface area contributed by atoms with Crippen LogP contribution in [0.5, 0.6) is 0 Å². The molecule has 1 rings (SSSR count). The summed E-state index contributed by atoms with van der Waals surface area (Å²) in [7, 11) is 0. The van der Waals surface area contributed by atoms with Crippen molar-refractivity contribution in [1.29, 1.82) is 0 Å². The molecule has 1 N–H and O–H groups in total. The maximum Gasteiger partial charge on any atom is 0.230 e. The molecule has 1 aromatic rings. The van der Waals surface area contributed by atoms with E-state index >= 15 is 0 Å². The Bertz CT molecular complexity index is 526. The quantitative estimate of drug-likeness (QED) is 0.324. The van der Waals surface area contributed by atoms with Crippen LogP contribution in [0.2, 0.25) is 5.15 Å². The second kappa shape index (κ2) is 9.48. The van der Waals surface area contributed by atoms with Crippen LogP contribution in [0.25, 0.3) is 0 Å². The van der Waals surface area contributed by atoms with E-state index in [9.17, 15) is 4.79 Å². The summed E-state index contributed by atoms with van der Waals surface area (Å²) in [5.41, 5.74) is 0. The first-order valence-corrected chi connectivity index (χ1v) is 8.26. The SMILES string of the molecule is C=CCN(CC=C)c1cc(Cl)nc(SCC(=O)NC(C)C)n1. The van der Waals surface area contributed by atoms with Crippen LogP contribution >= 0.6 is 23.4 Å². The minimum absolute atomic E-state index is 0.0563. The number of nitrogens with zero attached hydrogens (tertiary/aromatic N) is 3. The van der Waals surface area contributed by atoms with Gasteiger partial charge in [0.2, 0.25) is 5.91 Å². The summed E-state index contributed by atoms with van der Waals surface area (Å²) in [4.78, 5) is 22.2. The molecule has 0 fully saturated rings. The second-order valence-electron chi connectivity index (χ2n) is 4.82. The third-order valence-corrected chi connectivity index (χ3v) is 3.51. The number of amides is 1. The van der Waals surface area contributed by atoms with Gasteiger partial charge in [-0.3, -0.25) is 4.79 Å². The van der Waals surface area contributed by atoms with Gasteiger partial charge in [-0.25, -0.2) is 9.97 Å². The lowest BCUT2D eigenvalue weighted by Gasteiger charge is -2.20. The Balaban J connectivity index is 2.82. The van der Waals surface area contributed by atoms with Gasteiger partial charge in [0, 0.05) is 25.2 Å². The van der Waals surface area contributed by atoms with Gasteiger partial charge in [-0.15, -0.1) is 13.2 Å². The molecule has 1 heterocycles. The minimum atomic E-state index is -0.0563. The zero-order chi connectivity index (χ0) is 16.5. The lowest BCUT2D eigenvalue weighted by Crippen LogP contribution is -2.31. The van der Waals surface area contributed by atoms with E-state index < -0.39 is 0 Å². The molecule has 0 saturated carbocycles. The Hall–Kier alpha value is -1.53. The number of nitrogens with one attached hydrogen (secondary N) is 1. The predicted octanol–water partition coefficient (Wildman–Crippen LogP) is 2.93. The normalized spacial score (nSPS) is 10.4. The van der Waals surface area contributed by atoms with Crippen molar-refractivity contribution in [2.24, 2.45) is 0 Å². The molecule has 0 aromatic carbocycles. The minimum Gasteiger partial charge on any atom is -0.353 e. The summed E-state index contributed by atoms with van der Waals surface area (Å²) >= 11 is 7.31. The Morgan fingerprint density at radius 1 is 1.41 bits per heavy atom. The number of rotatable bonds is 9. The molecule has 0 aliphatic carbocycles. The van der Waals surface area contributed by atoms with Gasteiger partial charge in [-0.1, -0.05) is 35.5 Å². The zero-order valence-corrected chi connectivity index (χ0v) is 14.5. The Morgan fingerprint density at radius 3 is 2.59 bits per heavy atom. The second-order valence-corrected chi connectivity index (χ2v) is 6.15. The average molecular weight is 341 g/mol. The van der Waals surface area contributed by atoms with Crippen molar-refractivity contribution in [3.63, 3.8) is 0 Å². The molecule has 7 heteroatoms. The highest BCUT2D eigenvalue weighted by molar-refractivity contribution is 7.99. The van der Waals surface area contributed by atoms with Crippen molar-refractivity contribution in [2.45, 2.75) is 25.0 Å². The fourth-order valence-electron chi connectivity index (χ4n) is 1.68. The summed E-state index contributed by atoms with van der Waals surface area (Å²) in [5.74, 6) is 0.881. The number of hydrogen-bond donors (Lipinski definition) is 1. The molecule has 5 nitrogen and oxygen atoms in total. The van der Waals surface area contributed by atoms with Crippen LogP contribution in [-0.2, 0) is 4.79 Å². The number of thioether (sulfide) groups is 1. The number of hydrogen-bond acceptors (Lipinski definition) is 5. The maximum atomic E-state index is 11.7. The molecule has 0 aliphatic heterocycles. The zero-order valence-electron chi connectivity index (χ0n) is 12.9. The highest BCUT2D eigenvalue weighted by Gasteiger charge is 2.11. The number of anilines is 1. The van der Waals surface area contributed by atoms with E-state index in [0.29, 0.717) is 29.2 Å². The van der Waals surface area contributed by atoms with Crippen LogP contribution in [0.1, 0.15) is 13.8 Å². The molecular weight excluding hydrogens is 320 g/mol. The van der Waals surface area contributed by atoms with E-state index in [1.807, 2.05) is 18.7 Å². The number of aromatic nitrogens is 2. The van der Waals surface area contributed by atoms with Crippen LogP contribution in [0.3, 0.4) is 0 Å². The molecule has 0 atom stereocenters. The molecule has 0 spiro atoms. The highest BCUT2D eigenvalue weighted by Crippen LogP contribution is 2.21. The number of carbonyl (C=O) groups is 1. The van der Waals surface area contributed by atoms with Crippen molar-refractivity contribution < 1.29 is 4.79 Å². The van der Waals surface area contributed by atoms with E-state index in [-0.39, 0.29) is 17.7 Å². The van der Waals surface area contributed by atoms with Gasteiger partial charge in [-0.05, 0) is 13.8 Å². The summed E-state index contributed by atoms with van der Waals surface area (Å²) in [6.45, 7) is 12.5. The van der Waals surface area contributed by atoms with Gasteiger partial charge in [0.25, 0.3) is 0 Å². The fourth-order valence-corrected chi connectivity index (χ4v) is 2.57. The third kappa shape index (κ3) is 6.49. The van der Waals surface area contributed by atoms with Gasteiger partial charge < -0.3 is 10.2 Å². The number of carbonyl (C=O) groups excluding carboxylic acids is 1. The van der Waals surface area contributed by atoms with Gasteiger partial charge >= 0.3 is 0 Å². The van der Waals surface area contributed by atoms with Crippen LogP contribution in [-0.4, -0.2) is 40.8 Å². The standard InChI is InChI=1S/C15H21ClN4OS/c1-5-7-20(8-6-2)13-9-12(16)18-15(19-13)22-10-14(21)17-11(3)4/h5-6,9,11H,1-2,7-8,10H2,3-4H3,(H,17,21). The maximum absolute atomic E-state index is 11.7. The molecule has 1 amide bonds. The first-order valence-electron chi connectivity index (χ1n) is 6.89. The smallest absolute Gasteiger partial charge is 0.230 e. The molecule has 0 aliphatic rings. The Morgan fingerprint density at radius 2 is 2.05 bits per heavy atom. The van der Waals surface area contributed by atoms with E-state index in [0.717, 1.165) is 0 Å². The van der Waals surface area contributed by atoms with Crippen molar-refractivity contribution in [3.05, 3.63) is 36.5 Å². The van der Waals surface area contributed by atoms with Gasteiger partial charge in [0.15, 0.2) is 5.16 Å². The largest absolute Gasteiger partial charge is 0.353 e. The van der Waals surface area contributed by atoms with Crippen LogP contribution in [0, 0.1) is 0 Å². The summed E-state index contributed by atoms with van der Waals surface area (Å²) in [6.07, 6.45) is 3.56. The van der Waals surface area contributed by atoms with Gasteiger partial charge in [0.1, 0.15) is 11.0 Å². The Labute approximate surface area is 140 Å². The fraction of sp³-hybridized carbons (Fsp3) is 0.400. The molecule has 0 radical (unpaired) electrons. The molecule has 120 valence electrons. The lowest BCUT2D eigenvalue weighted by molar-refractivity contribution is -0.119. The summed E-state index contributed by atoms with van der Waals surface area (Å²) < 4.78 is 0. The van der Waals surface area contributed by atoms with E-state index in [1.54, 1.807) is 18.2 Å². The van der Waals surface area contributed by atoms with E-state index in [2.05, 4.69) is 28.4 Å². The molecular formula is C15H21ClN4OS. The van der Waals surface area contributed by atoms with Crippen LogP contribution in [0.15, 0.2) is 36.5 Å². The first-order chi connectivity index (χ1) is 10.5. The van der Waals surface area contributed by atoms with Gasteiger partial charge in [0.05, 0.1) is 5.75 Å². The molecule has 1 aromatic heterocycles. The van der Waals surface area contributed by atoms with Crippen LogP contribution < -0.4 is 10.2 Å². The average Bonchev–Trinajstić information content (AvgIpc) is 2.43. The van der Waals surface area contributed by atoms with Crippen LogP contribution in [0.4, 0.5) is 5.82 Å². The number of halogens is 1. The monoisotopic (exact) mass is 340 g/mol. The predicted molar refractivity (Wildman–Crippen MR) is 93.7 cm³/mol. The third-order valence-electron chi connectivity index (χ3n) is 2.47. The van der Waals surface area contributed by atoms with E-state index in [1.165, 1.54) is 11.8 Å². The van der Waals surface area contributed by atoms with Crippen molar-refractivity contribution >= 4 is 35.1 Å². The van der Waals surface area contributed by atoms with Crippen molar-refractivity contribution in [2.75, 3.05) is 23.7 Å². The molecule has 0 bridgehead atoms. The molecule has 0 unspecified atom stereocenters. The van der Waals surface area contributed by atoms with E-state index in [4.69, 9.17) is 11.6 Å². The molecule has 22 heavy (non-hydrogen) atoms. The molecule has 0 saturated heterocycles. The summed E-state index contributed by atoms with van der Waals surface area (Å²) in [6, 6.07) is 1.80. The highest BCUT2D eigenvalue weighted by atomic mass is 35.5.